The van der Waals surface area contributed by atoms with E-state index in [9.17, 15) is 24.9 Å². The van der Waals surface area contributed by atoms with Crippen LogP contribution in [0, 0.1) is 23.7 Å². The zero-order valence-electron chi connectivity index (χ0n) is 22.7. The van der Waals surface area contributed by atoms with E-state index in [1.807, 2.05) is 51.1 Å². The first-order valence-electron chi connectivity index (χ1n) is 13.6. The van der Waals surface area contributed by atoms with Crippen LogP contribution in [0.1, 0.15) is 57.7 Å². The average molecular weight is 598 g/mol. The molecule has 1 fully saturated rings. The van der Waals surface area contributed by atoms with Crippen molar-refractivity contribution in [1.29, 1.82) is 0 Å². The maximum atomic E-state index is 13.3. The Balaban J connectivity index is 1.67. The second-order valence-electron chi connectivity index (χ2n) is 10.7. The number of halogens is 1. The van der Waals surface area contributed by atoms with Crippen LogP contribution in [0.5, 0.6) is 5.75 Å². The lowest BCUT2D eigenvalue weighted by Crippen LogP contribution is -2.39. The van der Waals surface area contributed by atoms with E-state index < -0.39 is 23.9 Å². The van der Waals surface area contributed by atoms with E-state index in [-0.39, 0.29) is 30.1 Å². The number of aromatic nitrogens is 1. The lowest BCUT2D eigenvalue weighted by atomic mass is 9.66. The monoisotopic (exact) mass is 596 g/mol. The molecule has 1 aromatic carbocycles. The van der Waals surface area contributed by atoms with Crippen LogP contribution in [0.2, 0.25) is 0 Å². The highest BCUT2D eigenvalue weighted by Gasteiger charge is 2.54. The average Bonchev–Trinajstić information content (AvgIpc) is 3.16. The van der Waals surface area contributed by atoms with Crippen molar-refractivity contribution >= 4 is 39.4 Å². The summed E-state index contributed by atoms with van der Waals surface area (Å²) in [6.45, 7) is 6.05. The highest BCUT2D eigenvalue weighted by atomic mass is 79.9. The van der Waals surface area contributed by atoms with Gasteiger partial charge in [0, 0.05) is 28.7 Å². The molecule has 2 aromatic rings. The third-order valence-electron chi connectivity index (χ3n) is 7.91. The molecular weight excluding hydrogens is 560 g/mol. The number of allylic oxidation sites excluding steroid dienone is 2. The van der Waals surface area contributed by atoms with E-state index in [0.29, 0.717) is 43.4 Å². The smallest absolute Gasteiger partial charge is 0.233 e. The van der Waals surface area contributed by atoms with Crippen molar-refractivity contribution in [2.45, 2.75) is 52.6 Å². The van der Waals surface area contributed by atoms with Gasteiger partial charge in [0.2, 0.25) is 11.8 Å². The lowest BCUT2D eigenvalue weighted by molar-refractivity contribution is -0.140. The molecule has 0 saturated carbocycles. The maximum absolute atomic E-state index is 13.3. The highest BCUT2D eigenvalue weighted by Crippen LogP contribution is 2.48. The molecule has 0 spiro atoms. The third kappa shape index (κ3) is 6.03. The summed E-state index contributed by atoms with van der Waals surface area (Å²) in [7, 11) is 0. The topological polar surface area (TPSA) is 111 Å². The number of fused-ring (bicyclic) bond motifs is 1. The number of pyridine rings is 1. The number of benzene rings is 1. The van der Waals surface area contributed by atoms with Crippen molar-refractivity contribution in [1.82, 2.24) is 9.88 Å². The first-order chi connectivity index (χ1) is 18.7. The van der Waals surface area contributed by atoms with Gasteiger partial charge in [-0.05, 0) is 79.2 Å². The molecular formula is C31H37BrN2O5. The summed E-state index contributed by atoms with van der Waals surface area (Å²) in [5.41, 5.74) is 3.84. The maximum Gasteiger partial charge on any atom is 0.233 e. The molecule has 2 heterocycles. The molecule has 3 N–H and O–H groups in total. The Kier molecular flexibility index (Phi) is 9.41. The number of aliphatic hydroxyl groups is 2. The molecule has 1 aromatic heterocycles. The van der Waals surface area contributed by atoms with E-state index in [0.717, 1.165) is 21.3 Å². The third-order valence-corrected chi connectivity index (χ3v) is 8.40. The summed E-state index contributed by atoms with van der Waals surface area (Å²) in [6, 6.07) is 10.8. The van der Waals surface area contributed by atoms with Crippen molar-refractivity contribution in [3.05, 3.63) is 69.5 Å². The van der Waals surface area contributed by atoms with E-state index in [2.05, 4.69) is 20.9 Å². The predicted molar refractivity (Wildman–Crippen MR) is 154 cm³/mol. The van der Waals surface area contributed by atoms with Gasteiger partial charge in [0.05, 0.1) is 30.2 Å². The molecule has 1 saturated heterocycles. The molecule has 39 heavy (non-hydrogen) atoms. The fourth-order valence-corrected chi connectivity index (χ4v) is 6.44. The Bertz CT molecular complexity index is 1270. The number of amides is 2. The molecule has 2 amide bonds. The second kappa shape index (κ2) is 12.6. The highest BCUT2D eigenvalue weighted by molar-refractivity contribution is 9.10. The van der Waals surface area contributed by atoms with Gasteiger partial charge in [-0.25, -0.2) is 0 Å². The van der Waals surface area contributed by atoms with Crippen LogP contribution in [0.4, 0.5) is 0 Å². The number of carbonyl (C=O) groups excluding carboxylic acids is 2. The molecule has 4 rings (SSSR count). The molecule has 2 aliphatic rings. The van der Waals surface area contributed by atoms with Crippen LogP contribution in [0.3, 0.4) is 0 Å². The van der Waals surface area contributed by atoms with Gasteiger partial charge in [0.1, 0.15) is 5.75 Å². The van der Waals surface area contributed by atoms with Crippen LogP contribution >= 0.6 is 15.9 Å². The van der Waals surface area contributed by atoms with Crippen LogP contribution in [0.15, 0.2) is 58.2 Å². The van der Waals surface area contributed by atoms with Crippen molar-refractivity contribution in [2.75, 3.05) is 13.2 Å². The molecule has 0 unspecified atom stereocenters. The van der Waals surface area contributed by atoms with Crippen LogP contribution in [-0.4, -0.2) is 56.3 Å². The number of hydrogen-bond acceptors (Lipinski definition) is 6. The number of rotatable bonds is 10. The van der Waals surface area contributed by atoms with Gasteiger partial charge in [-0.3, -0.25) is 19.5 Å². The first kappa shape index (κ1) is 29.2. The summed E-state index contributed by atoms with van der Waals surface area (Å²) in [5.74, 6) is -1.95. The van der Waals surface area contributed by atoms with E-state index in [1.165, 1.54) is 4.90 Å². The standard InChI is InChI=1S/C31H37BrN2O5/c1-4-13-34-30(38)23-16-22(18(2)3)28(24(17-35)29(23)31(34)39)27(37)10-8-19(25-7-5-6-12-33-25)14-20-15-21(32)9-11-26(20)36/h5-7,9,11-12,14-15,18,23-24,27,29,35-37H,4,8,10,13,16-17H2,1-3H3/b19-14-/t23-,24+,27-,29-/m1/s1. The van der Waals surface area contributed by atoms with Crippen molar-refractivity contribution < 1.29 is 24.9 Å². The van der Waals surface area contributed by atoms with E-state index in [4.69, 9.17) is 0 Å². The zero-order chi connectivity index (χ0) is 28.3. The molecule has 1 aliphatic carbocycles. The quantitative estimate of drug-likeness (QED) is 0.256. The minimum atomic E-state index is -0.910. The Hall–Kier alpha value is -2.81. The number of aromatic hydroxyl groups is 1. The van der Waals surface area contributed by atoms with Gasteiger partial charge in [0.15, 0.2) is 0 Å². The van der Waals surface area contributed by atoms with Gasteiger partial charge in [-0.1, -0.05) is 48.3 Å². The number of hydrogen-bond donors (Lipinski definition) is 3. The van der Waals surface area contributed by atoms with E-state index >= 15 is 0 Å². The zero-order valence-corrected chi connectivity index (χ0v) is 24.3. The number of nitrogens with zero attached hydrogens (tertiary/aromatic N) is 2. The van der Waals surface area contributed by atoms with Gasteiger partial charge < -0.3 is 15.3 Å². The first-order valence-corrected chi connectivity index (χ1v) is 14.4. The Morgan fingerprint density at radius 1 is 1.21 bits per heavy atom. The van der Waals surface area contributed by atoms with Gasteiger partial charge in [-0.2, -0.15) is 0 Å². The van der Waals surface area contributed by atoms with Gasteiger partial charge >= 0.3 is 0 Å². The Morgan fingerprint density at radius 3 is 2.62 bits per heavy atom. The van der Waals surface area contributed by atoms with Crippen LogP contribution < -0.4 is 0 Å². The number of carbonyl (C=O) groups is 2. The summed E-state index contributed by atoms with van der Waals surface area (Å²) in [6.07, 6.45) is 4.54. The molecule has 208 valence electrons. The van der Waals surface area contributed by atoms with Crippen molar-refractivity contribution in [3.63, 3.8) is 0 Å². The number of phenolic OH excluding ortho intramolecular Hbond substituents is 1. The summed E-state index contributed by atoms with van der Waals surface area (Å²) < 4.78 is 0.828. The molecule has 1 aliphatic heterocycles. The molecule has 7 nitrogen and oxygen atoms in total. The van der Waals surface area contributed by atoms with E-state index in [1.54, 1.807) is 18.3 Å². The minimum absolute atomic E-state index is 0.0530. The van der Waals surface area contributed by atoms with Crippen molar-refractivity contribution in [2.24, 2.45) is 23.7 Å². The molecule has 0 radical (unpaired) electrons. The number of imide groups is 1. The molecule has 4 atom stereocenters. The summed E-state index contributed by atoms with van der Waals surface area (Å²) in [4.78, 5) is 32.3. The normalized spacial score (nSPS) is 22.6. The predicted octanol–water partition coefficient (Wildman–Crippen LogP) is 5.21. The largest absolute Gasteiger partial charge is 0.507 e. The summed E-state index contributed by atoms with van der Waals surface area (Å²) >= 11 is 3.46. The molecule has 8 heteroatoms. The number of likely N-dealkylation sites (tertiary alicyclic amines) is 1. The Morgan fingerprint density at radius 2 is 1.97 bits per heavy atom. The second-order valence-corrected chi connectivity index (χ2v) is 11.6. The minimum Gasteiger partial charge on any atom is -0.507 e. The fourth-order valence-electron chi connectivity index (χ4n) is 6.06. The number of phenols is 1. The van der Waals surface area contributed by atoms with Gasteiger partial charge in [0.25, 0.3) is 0 Å². The van der Waals surface area contributed by atoms with Gasteiger partial charge in [-0.15, -0.1) is 0 Å². The fraction of sp³-hybridized carbons (Fsp3) is 0.452. The van der Waals surface area contributed by atoms with Crippen LogP contribution in [-0.2, 0) is 9.59 Å². The Labute approximate surface area is 238 Å². The lowest BCUT2D eigenvalue weighted by Gasteiger charge is -2.38. The summed E-state index contributed by atoms with van der Waals surface area (Å²) in [5, 5.41) is 32.5. The van der Waals surface area contributed by atoms with Crippen LogP contribution in [0.25, 0.3) is 11.6 Å². The van der Waals surface area contributed by atoms with Crippen molar-refractivity contribution in [3.8, 4) is 5.75 Å². The number of aliphatic hydroxyl groups excluding tert-OH is 2. The molecule has 0 bridgehead atoms. The SMILES string of the molecule is CCCN1C(=O)[C@@H]2[C@@H](CC(C(C)C)=C([C@H](O)CC/C(=C/c3cc(Br)ccc3O)c3ccccn3)[C@@H]2CO)C1=O.